The lowest BCUT2D eigenvalue weighted by atomic mass is 9.79. The van der Waals surface area contributed by atoms with Crippen LogP contribution in [0.1, 0.15) is 65.2 Å². The van der Waals surface area contributed by atoms with Crippen molar-refractivity contribution in [1.82, 2.24) is 4.90 Å². The Kier molecular flexibility index (Phi) is 3.68. The van der Waals surface area contributed by atoms with Crippen molar-refractivity contribution >= 4 is 0 Å². The van der Waals surface area contributed by atoms with E-state index in [4.69, 9.17) is 5.73 Å². The lowest BCUT2D eigenvalue weighted by Crippen LogP contribution is -2.59. The number of rotatable bonds is 2. The van der Waals surface area contributed by atoms with Gasteiger partial charge in [-0.15, -0.1) is 0 Å². The highest BCUT2D eigenvalue weighted by molar-refractivity contribution is 5.00. The monoisotopic (exact) mass is 250 g/mol. The molecule has 0 radical (unpaired) electrons. The predicted molar refractivity (Wildman–Crippen MR) is 76.4 cm³/mol. The quantitative estimate of drug-likeness (QED) is 0.815. The number of fused-ring (bicyclic) bond motifs is 2. The summed E-state index contributed by atoms with van der Waals surface area (Å²) >= 11 is 0. The van der Waals surface area contributed by atoms with Crippen molar-refractivity contribution in [3.05, 3.63) is 0 Å². The second kappa shape index (κ2) is 5.13. The Hall–Kier alpha value is -0.0800. The molecule has 5 unspecified atom stereocenters. The highest BCUT2D eigenvalue weighted by Crippen LogP contribution is 2.43. The third kappa shape index (κ3) is 2.12. The average Bonchev–Trinajstić information content (AvgIpc) is 2.69. The van der Waals surface area contributed by atoms with Crippen LogP contribution in [0, 0.1) is 11.8 Å². The van der Waals surface area contributed by atoms with E-state index in [1.807, 2.05) is 0 Å². The molecule has 2 saturated heterocycles. The van der Waals surface area contributed by atoms with Gasteiger partial charge in [-0.3, -0.25) is 4.90 Å². The van der Waals surface area contributed by atoms with E-state index >= 15 is 0 Å². The van der Waals surface area contributed by atoms with Crippen molar-refractivity contribution in [2.75, 3.05) is 0 Å². The first-order valence-electron chi connectivity index (χ1n) is 8.23. The van der Waals surface area contributed by atoms with Gasteiger partial charge in [0.05, 0.1) is 0 Å². The van der Waals surface area contributed by atoms with Gasteiger partial charge in [0.1, 0.15) is 0 Å². The molecule has 0 amide bonds. The number of nitrogens with zero attached hydrogens (tertiary/aromatic N) is 1. The fourth-order valence-corrected chi connectivity index (χ4v) is 5.22. The molecular formula is C16H30N2. The van der Waals surface area contributed by atoms with Crippen LogP contribution in [-0.2, 0) is 0 Å². The largest absolute Gasteiger partial charge is 0.328 e. The zero-order valence-corrected chi connectivity index (χ0v) is 12.1. The van der Waals surface area contributed by atoms with Crippen molar-refractivity contribution in [3.63, 3.8) is 0 Å². The Labute approximate surface area is 112 Å². The van der Waals surface area contributed by atoms with Gasteiger partial charge in [-0.25, -0.2) is 0 Å². The first-order chi connectivity index (χ1) is 8.70. The third-order valence-corrected chi connectivity index (χ3v) is 6.16. The lowest BCUT2D eigenvalue weighted by molar-refractivity contribution is -0.0188. The van der Waals surface area contributed by atoms with Crippen LogP contribution in [0.15, 0.2) is 0 Å². The molecule has 0 aromatic heterocycles. The maximum atomic E-state index is 6.25. The summed E-state index contributed by atoms with van der Waals surface area (Å²) in [5.41, 5.74) is 6.25. The fraction of sp³-hybridized carbons (Fsp3) is 1.00. The minimum atomic E-state index is 0.482. The molecule has 2 heteroatoms. The summed E-state index contributed by atoms with van der Waals surface area (Å²) < 4.78 is 0. The molecule has 1 aliphatic carbocycles. The van der Waals surface area contributed by atoms with Crippen LogP contribution in [-0.4, -0.2) is 29.1 Å². The first kappa shape index (κ1) is 12.9. The van der Waals surface area contributed by atoms with E-state index in [-0.39, 0.29) is 0 Å². The van der Waals surface area contributed by atoms with E-state index in [1.165, 1.54) is 51.4 Å². The Balaban J connectivity index is 1.75. The summed E-state index contributed by atoms with van der Waals surface area (Å²) in [6.07, 6.45) is 11.1. The molecule has 2 nitrogen and oxygen atoms in total. The van der Waals surface area contributed by atoms with Crippen LogP contribution in [0.25, 0.3) is 0 Å². The molecule has 104 valence electrons. The van der Waals surface area contributed by atoms with Gasteiger partial charge in [-0.1, -0.05) is 26.7 Å². The maximum Gasteiger partial charge on any atom is 0.0129 e. The predicted octanol–water partition coefficient (Wildman–Crippen LogP) is 3.16. The highest BCUT2D eigenvalue weighted by atomic mass is 15.2. The average molecular weight is 250 g/mol. The smallest absolute Gasteiger partial charge is 0.0129 e. The maximum absolute atomic E-state index is 6.25. The van der Waals surface area contributed by atoms with Crippen molar-refractivity contribution < 1.29 is 0 Å². The van der Waals surface area contributed by atoms with Gasteiger partial charge in [0.15, 0.2) is 0 Å². The molecule has 18 heavy (non-hydrogen) atoms. The molecule has 3 aliphatic rings. The second-order valence-electron chi connectivity index (χ2n) is 7.09. The van der Waals surface area contributed by atoms with Gasteiger partial charge in [0.25, 0.3) is 0 Å². The summed E-state index contributed by atoms with van der Waals surface area (Å²) in [4.78, 5) is 2.94. The van der Waals surface area contributed by atoms with Gasteiger partial charge in [-0.05, 0) is 50.4 Å². The SMILES string of the molecule is CCC1CCC(N2C3CCCC2CC(N)C3)C1C. The number of hydrogen-bond acceptors (Lipinski definition) is 2. The molecule has 2 N–H and O–H groups in total. The van der Waals surface area contributed by atoms with Crippen LogP contribution in [0.5, 0.6) is 0 Å². The topological polar surface area (TPSA) is 29.3 Å². The van der Waals surface area contributed by atoms with Gasteiger partial charge in [0, 0.05) is 24.2 Å². The Bertz CT molecular complexity index is 277. The highest BCUT2D eigenvalue weighted by Gasteiger charge is 2.45. The van der Waals surface area contributed by atoms with Crippen LogP contribution >= 0.6 is 0 Å². The van der Waals surface area contributed by atoms with Gasteiger partial charge in [0.2, 0.25) is 0 Å². The van der Waals surface area contributed by atoms with Gasteiger partial charge < -0.3 is 5.73 Å². The normalized spacial score (nSPS) is 49.5. The molecule has 1 saturated carbocycles. The van der Waals surface area contributed by atoms with E-state index < -0.39 is 0 Å². The molecule has 2 bridgehead atoms. The van der Waals surface area contributed by atoms with Crippen LogP contribution in [0.4, 0.5) is 0 Å². The molecular weight excluding hydrogens is 220 g/mol. The van der Waals surface area contributed by atoms with Crippen molar-refractivity contribution in [2.24, 2.45) is 17.6 Å². The molecule has 5 atom stereocenters. The van der Waals surface area contributed by atoms with E-state index in [9.17, 15) is 0 Å². The minimum Gasteiger partial charge on any atom is -0.328 e. The van der Waals surface area contributed by atoms with E-state index in [0.717, 1.165) is 30.0 Å². The van der Waals surface area contributed by atoms with Crippen molar-refractivity contribution in [1.29, 1.82) is 0 Å². The first-order valence-corrected chi connectivity index (χ1v) is 8.23. The molecule has 3 fully saturated rings. The van der Waals surface area contributed by atoms with E-state index in [2.05, 4.69) is 18.7 Å². The number of nitrogens with two attached hydrogens (primary N) is 1. The number of piperidine rings is 2. The Morgan fingerprint density at radius 1 is 1.06 bits per heavy atom. The van der Waals surface area contributed by atoms with Crippen LogP contribution in [0.2, 0.25) is 0 Å². The third-order valence-electron chi connectivity index (χ3n) is 6.16. The molecule has 0 spiro atoms. The lowest BCUT2D eigenvalue weighted by Gasteiger charge is -2.52. The molecule has 0 aromatic carbocycles. The standard InChI is InChI=1S/C16H30N2/c1-3-12-7-8-16(11(12)2)18-14-5-4-6-15(18)10-13(17)9-14/h11-16H,3-10,17H2,1-2H3. The van der Waals surface area contributed by atoms with E-state index in [0.29, 0.717) is 6.04 Å². The van der Waals surface area contributed by atoms with Crippen molar-refractivity contribution in [2.45, 2.75) is 89.4 Å². The Morgan fingerprint density at radius 3 is 2.28 bits per heavy atom. The summed E-state index contributed by atoms with van der Waals surface area (Å²) in [6, 6.07) is 2.99. The van der Waals surface area contributed by atoms with Crippen LogP contribution in [0.3, 0.4) is 0 Å². The van der Waals surface area contributed by atoms with Crippen molar-refractivity contribution in [3.8, 4) is 0 Å². The molecule has 0 aromatic rings. The van der Waals surface area contributed by atoms with Gasteiger partial charge in [-0.2, -0.15) is 0 Å². The summed E-state index contributed by atoms with van der Waals surface area (Å²) in [7, 11) is 0. The molecule has 2 aliphatic heterocycles. The Morgan fingerprint density at radius 2 is 1.72 bits per heavy atom. The fourth-order valence-electron chi connectivity index (χ4n) is 5.22. The summed E-state index contributed by atoms with van der Waals surface area (Å²) in [5.74, 6) is 1.89. The van der Waals surface area contributed by atoms with Gasteiger partial charge >= 0.3 is 0 Å². The summed E-state index contributed by atoms with van der Waals surface area (Å²) in [6.45, 7) is 4.88. The zero-order chi connectivity index (χ0) is 12.7. The molecule has 2 heterocycles. The summed E-state index contributed by atoms with van der Waals surface area (Å²) in [5, 5.41) is 0. The molecule has 3 rings (SSSR count). The zero-order valence-electron chi connectivity index (χ0n) is 12.1. The second-order valence-corrected chi connectivity index (χ2v) is 7.09. The van der Waals surface area contributed by atoms with Crippen LogP contribution < -0.4 is 5.73 Å². The minimum absolute atomic E-state index is 0.482. The number of hydrogen-bond donors (Lipinski definition) is 1. The van der Waals surface area contributed by atoms with E-state index in [1.54, 1.807) is 0 Å².